The lowest BCUT2D eigenvalue weighted by Crippen LogP contribution is -2.33. The lowest BCUT2D eigenvalue weighted by molar-refractivity contribution is 0.138. The second-order valence-corrected chi connectivity index (χ2v) is 6.29. The predicted octanol–water partition coefficient (Wildman–Crippen LogP) is 0.0978. The Bertz CT molecular complexity index is 455. The smallest absolute Gasteiger partial charge is 0.158 e. The van der Waals surface area contributed by atoms with Crippen molar-refractivity contribution in [2.75, 3.05) is 18.1 Å². The standard InChI is InChI=1S/C11H17NO4S/c1-2-17(15,16)10(7-13)11(14)8-3-5-9(12)6-4-8/h3-6,10-11,13-14H,2,7,12H2,1H3/t10-,11+/m0/s1. The van der Waals surface area contributed by atoms with Gasteiger partial charge in [0.1, 0.15) is 5.25 Å². The Hall–Kier alpha value is -1.11. The minimum atomic E-state index is -3.50. The summed E-state index contributed by atoms with van der Waals surface area (Å²) < 4.78 is 23.3. The summed E-state index contributed by atoms with van der Waals surface area (Å²) in [7, 11) is -3.50. The van der Waals surface area contributed by atoms with E-state index in [1.165, 1.54) is 6.92 Å². The molecular weight excluding hydrogens is 242 g/mol. The molecule has 0 unspecified atom stereocenters. The van der Waals surface area contributed by atoms with Gasteiger partial charge < -0.3 is 15.9 Å². The van der Waals surface area contributed by atoms with Crippen LogP contribution in [-0.4, -0.2) is 36.2 Å². The van der Waals surface area contributed by atoms with Crippen molar-refractivity contribution in [1.29, 1.82) is 0 Å². The molecule has 0 aliphatic carbocycles. The van der Waals surface area contributed by atoms with E-state index in [2.05, 4.69) is 0 Å². The van der Waals surface area contributed by atoms with Crippen molar-refractivity contribution in [3.8, 4) is 0 Å². The van der Waals surface area contributed by atoms with E-state index in [0.29, 0.717) is 11.3 Å². The molecule has 0 radical (unpaired) electrons. The summed E-state index contributed by atoms with van der Waals surface area (Å²) in [6, 6.07) is 6.25. The third-order valence-corrected chi connectivity index (χ3v) is 4.81. The highest BCUT2D eigenvalue weighted by Crippen LogP contribution is 2.23. The Morgan fingerprint density at radius 2 is 1.82 bits per heavy atom. The molecule has 5 nitrogen and oxygen atoms in total. The minimum absolute atomic E-state index is 0.121. The van der Waals surface area contributed by atoms with Crippen molar-refractivity contribution in [2.45, 2.75) is 18.3 Å². The lowest BCUT2D eigenvalue weighted by Gasteiger charge is -2.20. The Balaban J connectivity index is 3.02. The molecule has 6 heteroatoms. The number of rotatable bonds is 5. The second kappa shape index (κ2) is 5.48. The SMILES string of the molecule is CCS(=O)(=O)[C@@H](CO)[C@H](O)c1ccc(N)cc1. The van der Waals surface area contributed by atoms with Crippen LogP contribution in [-0.2, 0) is 9.84 Å². The largest absolute Gasteiger partial charge is 0.399 e. The van der Waals surface area contributed by atoms with Gasteiger partial charge >= 0.3 is 0 Å². The molecule has 1 rings (SSSR count). The number of anilines is 1. The average molecular weight is 259 g/mol. The first-order valence-corrected chi connectivity index (χ1v) is 6.99. The number of sulfone groups is 1. The summed E-state index contributed by atoms with van der Waals surface area (Å²) in [5.41, 5.74) is 6.45. The zero-order valence-corrected chi connectivity index (χ0v) is 10.4. The molecule has 4 N–H and O–H groups in total. The van der Waals surface area contributed by atoms with Gasteiger partial charge in [-0.3, -0.25) is 0 Å². The maximum absolute atomic E-state index is 11.7. The van der Waals surface area contributed by atoms with Crippen LogP contribution in [0.3, 0.4) is 0 Å². The van der Waals surface area contributed by atoms with Crippen LogP contribution < -0.4 is 5.73 Å². The highest BCUT2D eigenvalue weighted by atomic mass is 32.2. The fourth-order valence-electron chi connectivity index (χ4n) is 1.53. The lowest BCUT2D eigenvalue weighted by atomic mass is 10.1. The van der Waals surface area contributed by atoms with Crippen LogP contribution in [0.4, 0.5) is 5.69 Å². The van der Waals surface area contributed by atoms with Gasteiger partial charge in [-0.2, -0.15) is 0 Å². The molecule has 2 atom stereocenters. The van der Waals surface area contributed by atoms with Crippen molar-refractivity contribution in [3.05, 3.63) is 29.8 Å². The normalized spacial score (nSPS) is 15.5. The fraction of sp³-hybridized carbons (Fsp3) is 0.455. The minimum Gasteiger partial charge on any atom is -0.399 e. The maximum Gasteiger partial charge on any atom is 0.158 e. The van der Waals surface area contributed by atoms with Gasteiger partial charge in [0, 0.05) is 11.4 Å². The molecule has 0 amide bonds. The van der Waals surface area contributed by atoms with E-state index in [4.69, 9.17) is 10.8 Å². The summed E-state index contributed by atoms with van der Waals surface area (Å²) in [5, 5.41) is 17.9. The van der Waals surface area contributed by atoms with Gasteiger partial charge in [-0.1, -0.05) is 19.1 Å². The van der Waals surface area contributed by atoms with Gasteiger partial charge in [0.25, 0.3) is 0 Å². The fourth-order valence-corrected chi connectivity index (χ4v) is 2.74. The van der Waals surface area contributed by atoms with Crippen LogP contribution >= 0.6 is 0 Å². The van der Waals surface area contributed by atoms with E-state index in [1.807, 2.05) is 0 Å². The zero-order valence-electron chi connectivity index (χ0n) is 9.57. The number of aliphatic hydroxyl groups excluding tert-OH is 2. The van der Waals surface area contributed by atoms with Gasteiger partial charge in [0.05, 0.1) is 12.7 Å². The molecule has 1 aromatic carbocycles. The van der Waals surface area contributed by atoms with E-state index in [0.717, 1.165) is 0 Å². The van der Waals surface area contributed by atoms with Gasteiger partial charge in [-0.15, -0.1) is 0 Å². The summed E-state index contributed by atoms with van der Waals surface area (Å²) in [6.45, 7) is 0.870. The highest BCUT2D eigenvalue weighted by molar-refractivity contribution is 7.92. The molecule has 1 aromatic rings. The van der Waals surface area contributed by atoms with Crippen LogP contribution in [0.5, 0.6) is 0 Å². The highest BCUT2D eigenvalue weighted by Gasteiger charge is 2.31. The van der Waals surface area contributed by atoms with Gasteiger partial charge in [-0.25, -0.2) is 8.42 Å². The summed E-state index contributed by atoms with van der Waals surface area (Å²) in [5.74, 6) is -0.121. The number of nitrogen functional groups attached to an aromatic ring is 1. The zero-order chi connectivity index (χ0) is 13.1. The molecule has 96 valence electrons. The predicted molar refractivity (Wildman–Crippen MR) is 66.1 cm³/mol. The number of benzene rings is 1. The molecule has 0 aliphatic heterocycles. The molecule has 0 heterocycles. The van der Waals surface area contributed by atoms with Crippen LogP contribution in [0, 0.1) is 0 Å². The van der Waals surface area contributed by atoms with Crippen molar-refractivity contribution in [2.24, 2.45) is 0 Å². The van der Waals surface area contributed by atoms with Gasteiger partial charge in [0.15, 0.2) is 9.84 Å². The second-order valence-electron chi connectivity index (χ2n) is 3.78. The first-order valence-electron chi connectivity index (χ1n) is 5.28. The first kappa shape index (κ1) is 14.0. The van der Waals surface area contributed by atoms with Crippen LogP contribution in [0.25, 0.3) is 0 Å². The van der Waals surface area contributed by atoms with Crippen LogP contribution in [0.2, 0.25) is 0 Å². The summed E-state index contributed by atoms with van der Waals surface area (Å²) in [6.07, 6.45) is -1.24. The monoisotopic (exact) mass is 259 g/mol. The molecule has 0 fully saturated rings. The Labute approximate surface area is 101 Å². The van der Waals surface area contributed by atoms with E-state index < -0.39 is 27.8 Å². The number of nitrogens with two attached hydrogens (primary N) is 1. The third kappa shape index (κ3) is 3.18. The molecule has 0 aliphatic rings. The van der Waals surface area contributed by atoms with Gasteiger partial charge in [-0.05, 0) is 17.7 Å². The van der Waals surface area contributed by atoms with E-state index in [-0.39, 0.29) is 5.75 Å². The molecule has 0 saturated heterocycles. The van der Waals surface area contributed by atoms with E-state index in [9.17, 15) is 13.5 Å². The summed E-state index contributed by atoms with van der Waals surface area (Å²) >= 11 is 0. The van der Waals surface area contributed by atoms with Crippen molar-refractivity contribution >= 4 is 15.5 Å². The van der Waals surface area contributed by atoms with Crippen molar-refractivity contribution < 1.29 is 18.6 Å². The quantitative estimate of drug-likeness (QED) is 0.651. The topological polar surface area (TPSA) is 101 Å². The average Bonchev–Trinajstić information content (AvgIpc) is 2.30. The van der Waals surface area contributed by atoms with Gasteiger partial charge in [0.2, 0.25) is 0 Å². The Kier molecular flexibility index (Phi) is 4.50. The molecular formula is C11H17NO4S. The number of hydrogen-bond donors (Lipinski definition) is 3. The van der Waals surface area contributed by atoms with E-state index >= 15 is 0 Å². The maximum atomic E-state index is 11.7. The van der Waals surface area contributed by atoms with Crippen LogP contribution in [0.1, 0.15) is 18.6 Å². The van der Waals surface area contributed by atoms with E-state index in [1.54, 1.807) is 24.3 Å². The molecule has 0 aromatic heterocycles. The molecule has 0 bridgehead atoms. The number of hydrogen-bond acceptors (Lipinski definition) is 5. The summed E-state index contributed by atoms with van der Waals surface area (Å²) in [4.78, 5) is 0. The molecule has 17 heavy (non-hydrogen) atoms. The van der Waals surface area contributed by atoms with Crippen molar-refractivity contribution in [1.82, 2.24) is 0 Å². The molecule has 0 spiro atoms. The van der Waals surface area contributed by atoms with Crippen molar-refractivity contribution in [3.63, 3.8) is 0 Å². The Morgan fingerprint density at radius 3 is 2.24 bits per heavy atom. The molecule has 0 saturated carbocycles. The Morgan fingerprint density at radius 1 is 1.29 bits per heavy atom. The first-order chi connectivity index (χ1) is 7.92. The van der Waals surface area contributed by atoms with Crippen LogP contribution in [0.15, 0.2) is 24.3 Å². The number of aliphatic hydroxyl groups is 2. The third-order valence-electron chi connectivity index (χ3n) is 2.67.